The summed E-state index contributed by atoms with van der Waals surface area (Å²) in [5.41, 5.74) is 3.24. The molecule has 0 fully saturated rings. The number of aryl methyl sites for hydroxylation is 2. The molecule has 0 aliphatic heterocycles. The van der Waals surface area contributed by atoms with Crippen molar-refractivity contribution in [2.75, 3.05) is 5.32 Å². The first-order valence-electron chi connectivity index (χ1n) is 7.55. The maximum absolute atomic E-state index is 12.2. The van der Waals surface area contributed by atoms with E-state index in [9.17, 15) is 4.79 Å². The summed E-state index contributed by atoms with van der Waals surface area (Å²) in [4.78, 5) is 16.4. The molecule has 7 heteroatoms. The minimum absolute atomic E-state index is 0.127. The number of amides is 1. The molecular formula is C17H18ClN5O. The number of carbonyl (C=O) groups excluding carboxylic acids is 1. The highest BCUT2D eigenvalue weighted by atomic mass is 35.5. The minimum atomic E-state index is -0.149. The van der Waals surface area contributed by atoms with Gasteiger partial charge < -0.3 is 9.88 Å². The lowest BCUT2D eigenvalue weighted by atomic mass is 10.2. The number of hydrogen-bond acceptors (Lipinski definition) is 3. The van der Waals surface area contributed by atoms with Gasteiger partial charge in [0.15, 0.2) is 0 Å². The van der Waals surface area contributed by atoms with Crippen LogP contribution in [-0.2, 0) is 11.3 Å². The topological polar surface area (TPSA) is 64.7 Å². The molecule has 124 valence electrons. The largest absolute Gasteiger partial charge is 0.324 e. The Labute approximate surface area is 145 Å². The van der Waals surface area contributed by atoms with Crippen molar-refractivity contribution in [1.82, 2.24) is 19.3 Å². The zero-order valence-corrected chi connectivity index (χ0v) is 14.5. The normalized spacial score (nSPS) is 10.8. The molecule has 0 radical (unpaired) electrons. The van der Waals surface area contributed by atoms with Gasteiger partial charge in [-0.15, -0.1) is 0 Å². The number of halogens is 1. The highest BCUT2D eigenvalue weighted by molar-refractivity contribution is 6.31. The molecular weight excluding hydrogens is 326 g/mol. The highest BCUT2D eigenvalue weighted by Crippen LogP contribution is 2.19. The van der Waals surface area contributed by atoms with Crippen molar-refractivity contribution in [1.29, 1.82) is 0 Å². The molecule has 1 amide bonds. The molecule has 0 saturated heterocycles. The van der Waals surface area contributed by atoms with Crippen LogP contribution in [0.25, 0.3) is 5.69 Å². The zero-order chi connectivity index (χ0) is 17.3. The average molecular weight is 344 g/mol. The van der Waals surface area contributed by atoms with Crippen LogP contribution >= 0.6 is 11.6 Å². The number of anilines is 1. The molecule has 1 aromatic carbocycles. The van der Waals surface area contributed by atoms with Crippen molar-refractivity contribution < 1.29 is 4.79 Å². The van der Waals surface area contributed by atoms with Gasteiger partial charge in [-0.1, -0.05) is 11.6 Å². The van der Waals surface area contributed by atoms with Crippen molar-refractivity contribution >= 4 is 23.2 Å². The van der Waals surface area contributed by atoms with Gasteiger partial charge in [-0.05, 0) is 45.0 Å². The maximum atomic E-state index is 12.2. The number of imidazole rings is 1. The van der Waals surface area contributed by atoms with E-state index in [0.717, 1.165) is 28.6 Å². The van der Waals surface area contributed by atoms with Crippen LogP contribution in [0, 0.1) is 20.8 Å². The van der Waals surface area contributed by atoms with E-state index < -0.39 is 0 Å². The first kappa shape index (κ1) is 16.3. The Morgan fingerprint density at radius 2 is 1.92 bits per heavy atom. The van der Waals surface area contributed by atoms with Crippen molar-refractivity contribution in [3.8, 4) is 5.69 Å². The van der Waals surface area contributed by atoms with Gasteiger partial charge in [0.05, 0.1) is 16.4 Å². The standard InChI is InChI=1S/C17H18ClN5O/c1-11-17(18)12(2)23(21-11)10-16(24)20-14-4-6-15(7-5-14)22-9-8-19-13(22)3/h4-9H,10H2,1-3H3,(H,20,24). The predicted molar refractivity (Wildman–Crippen MR) is 93.6 cm³/mol. The third-order valence-corrected chi connectivity index (χ3v) is 4.39. The van der Waals surface area contributed by atoms with E-state index in [1.54, 1.807) is 10.9 Å². The Morgan fingerprint density at radius 3 is 2.46 bits per heavy atom. The number of hydrogen-bond donors (Lipinski definition) is 1. The van der Waals surface area contributed by atoms with Crippen molar-refractivity contribution in [3.63, 3.8) is 0 Å². The first-order chi connectivity index (χ1) is 11.5. The summed E-state index contributed by atoms with van der Waals surface area (Å²) in [5, 5.41) is 7.73. The Morgan fingerprint density at radius 1 is 1.21 bits per heavy atom. The van der Waals surface area contributed by atoms with Crippen LogP contribution in [0.3, 0.4) is 0 Å². The Hall–Kier alpha value is -2.60. The van der Waals surface area contributed by atoms with Gasteiger partial charge >= 0.3 is 0 Å². The summed E-state index contributed by atoms with van der Waals surface area (Å²) in [6, 6.07) is 7.59. The Kier molecular flexibility index (Phi) is 4.40. The van der Waals surface area contributed by atoms with Crippen LogP contribution in [-0.4, -0.2) is 25.2 Å². The quantitative estimate of drug-likeness (QED) is 0.790. The molecule has 2 aromatic heterocycles. The van der Waals surface area contributed by atoms with E-state index in [4.69, 9.17) is 11.6 Å². The molecule has 24 heavy (non-hydrogen) atoms. The minimum Gasteiger partial charge on any atom is -0.324 e. The first-order valence-corrected chi connectivity index (χ1v) is 7.93. The van der Waals surface area contributed by atoms with Gasteiger partial charge in [-0.2, -0.15) is 5.10 Å². The second kappa shape index (κ2) is 6.49. The van der Waals surface area contributed by atoms with Crippen LogP contribution in [0.5, 0.6) is 0 Å². The average Bonchev–Trinajstić information content (AvgIpc) is 3.08. The molecule has 0 aliphatic rings. The summed E-state index contributed by atoms with van der Waals surface area (Å²) in [6.45, 7) is 5.73. The molecule has 0 atom stereocenters. The number of nitrogens with zero attached hydrogens (tertiary/aromatic N) is 4. The van der Waals surface area contributed by atoms with E-state index in [1.807, 2.05) is 55.8 Å². The van der Waals surface area contributed by atoms with Crippen LogP contribution in [0.4, 0.5) is 5.69 Å². The molecule has 3 aromatic rings. The summed E-state index contributed by atoms with van der Waals surface area (Å²) < 4.78 is 3.58. The van der Waals surface area contributed by atoms with E-state index in [0.29, 0.717) is 5.02 Å². The second-order valence-electron chi connectivity index (χ2n) is 5.58. The lowest BCUT2D eigenvalue weighted by Crippen LogP contribution is -2.20. The molecule has 6 nitrogen and oxygen atoms in total. The number of rotatable bonds is 4. The smallest absolute Gasteiger partial charge is 0.246 e. The van der Waals surface area contributed by atoms with Crippen LogP contribution < -0.4 is 5.32 Å². The van der Waals surface area contributed by atoms with E-state index >= 15 is 0 Å². The van der Waals surface area contributed by atoms with Gasteiger partial charge in [-0.3, -0.25) is 9.48 Å². The van der Waals surface area contributed by atoms with Crippen molar-refractivity contribution in [2.24, 2.45) is 0 Å². The van der Waals surface area contributed by atoms with E-state index in [-0.39, 0.29) is 12.5 Å². The van der Waals surface area contributed by atoms with Gasteiger partial charge in [-0.25, -0.2) is 4.98 Å². The number of nitrogens with one attached hydrogen (secondary N) is 1. The molecule has 0 aliphatic carbocycles. The van der Waals surface area contributed by atoms with Crippen LogP contribution in [0.1, 0.15) is 17.2 Å². The van der Waals surface area contributed by atoms with Crippen molar-refractivity contribution in [2.45, 2.75) is 27.3 Å². The number of carbonyl (C=O) groups is 1. The molecule has 0 bridgehead atoms. The molecule has 0 unspecified atom stereocenters. The van der Waals surface area contributed by atoms with Gasteiger partial charge in [0.2, 0.25) is 5.91 Å². The van der Waals surface area contributed by atoms with Crippen molar-refractivity contribution in [3.05, 3.63) is 58.9 Å². The number of benzene rings is 1. The zero-order valence-electron chi connectivity index (χ0n) is 13.7. The lowest BCUT2D eigenvalue weighted by molar-refractivity contribution is -0.116. The third kappa shape index (κ3) is 3.19. The molecule has 2 heterocycles. The lowest BCUT2D eigenvalue weighted by Gasteiger charge is -2.09. The predicted octanol–water partition coefficient (Wildman–Crippen LogP) is 3.29. The number of aromatic nitrogens is 4. The Bertz CT molecular complexity index is 879. The fraction of sp³-hybridized carbons (Fsp3) is 0.235. The van der Waals surface area contributed by atoms with E-state index in [2.05, 4.69) is 15.4 Å². The monoisotopic (exact) mass is 343 g/mol. The van der Waals surface area contributed by atoms with Gasteiger partial charge in [0.25, 0.3) is 0 Å². The van der Waals surface area contributed by atoms with Gasteiger partial charge in [0.1, 0.15) is 12.4 Å². The molecule has 0 spiro atoms. The second-order valence-corrected chi connectivity index (χ2v) is 5.96. The maximum Gasteiger partial charge on any atom is 0.246 e. The van der Waals surface area contributed by atoms with Gasteiger partial charge in [0, 0.05) is 23.8 Å². The summed E-state index contributed by atoms with van der Waals surface area (Å²) >= 11 is 6.10. The fourth-order valence-corrected chi connectivity index (χ4v) is 2.66. The van der Waals surface area contributed by atoms with Crippen LogP contribution in [0.15, 0.2) is 36.7 Å². The Balaban J connectivity index is 1.68. The molecule has 3 rings (SSSR count). The summed E-state index contributed by atoms with van der Waals surface area (Å²) in [7, 11) is 0. The summed E-state index contributed by atoms with van der Waals surface area (Å²) in [6.07, 6.45) is 3.65. The molecule has 1 N–H and O–H groups in total. The van der Waals surface area contributed by atoms with E-state index in [1.165, 1.54) is 0 Å². The molecule has 0 saturated carbocycles. The third-order valence-electron chi connectivity index (χ3n) is 3.84. The SMILES string of the molecule is Cc1nn(CC(=O)Nc2ccc(-n3ccnc3C)cc2)c(C)c1Cl. The highest BCUT2D eigenvalue weighted by Gasteiger charge is 2.12. The fourth-order valence-electron chi connectivity index (χ4n) is 2.52. The van der Waals surface area contributed by atoms with Crippen LogP contribution in [0.2, 0.25) is 5.02 Å². The summed E-state index contributed by atoms with van der Waals surface area (Å²) in [5.74, 6) is 0.761.